The lowest BCUT2D eigenvalue weighted by Gasteiger charge is -2.20. The molecule has 1 heterocycles. The van der Waals surface area contributed by atoms with E-state index < -0.39 is 0 Å². The standard InChI is InChI=1S/C18H24N4O3S/c1-23-14-10-9-13(15(24-2)16(14)25-3)11-19-22-17(20-21-18(22)26)12-7-5-4-6-8-12/h9-12H,4-8H2,1-3H3,(H,21,26). The maximum absolute atomic E-state index is 5.50. The number of hydrogen-bond donors (Lipinski definition) is 1. The maximum atomic E-state index is 5.50. The molecule has 140 valence electrons. The van der Waals surface area contributed by atoms with E-state index in [0.717, 1.165) is 24.2 Å². The third-order valence-corrected chi connectivity index (χ3v) is 4.96. The highest BCUT2D eigenvalue weighted by atomic mass is 32.1. The second-order valence-corrected chi connectivity index (χ2v) is 6.59. The molecule has 0 atom stereocenters. The number of aromatic nitrogens is 3. The summed E-state index contributed by atoms with van der Waals surface area (Å²) in [6, 6.07) is 3.69. The summed E-state index contributed by atoms with van der Waals surface area (Å²) in [6.07, 6.45) is 7.67. The molecule has 0 amide bonds. The predicted molar refractivity (Wildman–Crippen MR) is 102 cm³/mol. The van der Waals surface area contributed by atoms with E-state index in [1.54, 1.807) is 32.2 Å². The Balaban J connectivity index is 1.96. The SMILES string of the molecule is COc1ccc(C=Nn2c(C3CCCCC3)n[nH]c2=S)c(OC)c1OC. The molecular weight excluding hydrogens is 352 g/mol. The van der Waals surface area contributed by atoms with Gasteiger partial charge in [0.1, 0.15) is 0 Å². The molecule has 26 heavy (non-hydrogen) atoms. The number of aromatic amines is 1. The van der Waals surface area contributed by atoms with E-state index >= 15 is 0 Å². The molecule has 0 bridgehead atoms. The lowest BCUT2D eigenvalue weighted by atomic mass is 9.89. The summed E-state index contributed by atoms with van der Waals surface area (Å²) < 4.78 is 18.4. The molecule has 8 heteroatoms. The van der Waals surface area contributed by atoms with Gasteiger partial charge in [0.05, 0.1) is 27.5 Å². The average Bonchev–Trinajstić information content (AvgIpc) is 3.06. The number of ether oxygens (including phenoxy) is 3. The summed E-state index contributed by atoms with van der Waals surface area (Å²) >= 11 is 5.36. The van der Waals surface area contributed by atoms with Crippen molar-refractivity contribution in [1.29, 1.82) is 0 Å². The minimum Gasteiger partial charge on any atom is -0.493 e. The van der Waals surface area contributed by atoms with Crippen LogP contribution in [-0.4, -0.2) is 42.4 Å². The third-order valence-electron chi connectivity index (χ3n) is 4.69. The van der Waals surface area contributed by atoms with Crippen molar-refractivity contribution in [2.75, 3.05) is 21.3 Å². The van der Waals surface area contributed by atoms with E-state index in [0.29, 0.717) is 27.9 Å². The summed E-state index contributed by atoms with van der Waals surface area (Å²) in [6.45, 7) is 0. The van der Waals surface area contributed by atoms with Crippen LogP contribution in [0.2, 0.25) is 0 Å². The van der Waals surface area contributed by atoms with Gasteiger partial charge < -0.3 is 14.2 Å². The minimum atomic E-state index is 0.390. The van der Waals surface area contributed by atoms with Crippen LogP contribution in [0.15, 0.2) is 17.2 Å². The quantitative estimate of drug-likeness (QED) is 0.611. The van der Waals surface area contributed by atoms with Crippen molar-refractivity contribution in [1.82, 2.24) is 14.9 Å². The second-order valence-electron chi connectivity index (χ2n) is 6.20. The normalized spacial score (nSPS) is 15.3. The zero-order valence-corrected chi connectivity index (χ0v) is 16.1. The fourth-order valence-corrected chi connectivity index (χ4v) is 3.57. The molecular formula is C18H24N4O3S. The van der Waals surface area contributed by atoms with Crippen LogP contribution in [0, 0.1) is 4.77 Å². The molecule has 0 unspecified atom stereocenters. The van der Waals surface area contributed by atoms with Gasteiger partial charge in [0.2, 0.25) is 10.5 Å². The number of nitrogens with zero attached hydrogens (tertiary/aromatic N) is 3. The molecule has 1 fully saturated rings. The highest BCUT2D eigenvalue weighted by molar-refractivity contribution is 7.71. The third kappa shape index (κ3) is 3.60. The van der Waals surface area contributed by atoms with Crippen LogP contribution in [0.3, 0.4) is 0 Å². The van der Waals surface area contributed by atoms with Gasteiger partial charge in [-0.2, -0.15) is 14.9 Å². The minimum absolute atomic E-state index is 0.390. The Bertz CT molecular complexity index is 837. The molecule has 0 saturated heterocycles. The van der Waals surface area contributed by atoms with Gasteiger partial charge in [-0.25, -0.2) is 0 Å². The summed E-state index contributed by atoms with van der Waals surface area (Å²) in [4.78, 5) is 0. The molecule has 0 spiro atoms. The monoisotopic (exact) mass is 376 g/mol. The summed E-state index contributed by atoms with van der Waals surface area (Å²) in [7, 11) is 4.76. The number of nitrogens with one attached hydrogen (secondary N) is 1. The Labute approximate surface area is 158 Å². The number of hydrogen-bond acceptors (Lipinski definition) is 6. The first kappa shape index (κ1) is 18.4. The van der Waals surface area contributed by atoms with Crippen LogP contribution in [0.1, 0.15) is 49.4 Å². The number of rotatable bonds is 6. The van der Waals surface area contributed by atoms with Crippen molar-refractivity contribution >= 4 is 18.4 Å². The van der Waals surface area contributed by atoms with Crippen LogP contribution in [-0.2, 0) is 0 Å². The van der Waals surface area contributed by atoms with Crippen molar-refractivity contribution in [3.63, 3.8) is 0 Å². The highest BCUT2D eigenvalue weighted by Gasteiger charge is 2.21. The molecule has 0 aliphatic heterocycles. The Morgan fingerprint density at radius 1 is 1.12 bits per heavy atom. The van der Waals surface area contributed by atoms with E-state index in [4.69, 9.17) is 26.4 Å². The molecule has 1 aromatic heterocycles. The molecule has 1 N–H and O–H groups in total. The molecule has 1 aromatic carbocycles. The van der Waals surface area contributed by atoms with Crippen LogP contribution in [0.5, 0.6) is 17.2 Å². The lowest BCUT2D eigenvalue weighted by Crippen LogP contribution is -2.10. The lowest BCUT2D eigenvalue weighted by molar-refractivity contribution is 0.324. The molecule has 1 aliphatic carbocycles. The largest absolute Gasteiger partial charge is 0.493 e. The van der Waals surface area contributed by atoms with Gasteiger partial charge in [0, 0.05) is 11.5 Å². The van der Waals surface area contributed by atoms with Crippen LogP contribution < -0.4 is 14.2 Å². The van der Waals surface area contributed by atoms with Gasteiger partial charge in [0.15, 0.2) is 17.3 Å². The zero-order valence-electron chi connectivity index (χ0n) is 15.3. The first-order chi connectivity index (χ1) is 12.7. The molecule has 2 aromatic rings. The van der Waals surface area contributed by atoms with E-state index in [-0.39, 0.29) is 0 Å². The van der Waals surface area contributed by atoms with Gasteiger partial charge in [-0.15, -0.1) is 0 Å². The highest BCUT2D eigenvalue weighted by Crippen LogP contribution is 2.39. The van der Waals surface area contributed by atoms with Crippen molar-refractivity contribution in [2.24, 2.45) is 5.10 Å². The molecule has 3 rings (SSSR count). The first-order valence-corrected chi connectivity index (χ1v) is 9.11. The number of methoxy groups -OCH3 is 3. The van der Waals surface area contributed by atoms with E-state index in [1.807, 2.05) is 12.1 Å². The van der Waals surface area contributed by atoms with E-state index in [2.05, 4.69) is 15.3 Å². The summed E-state index contributed by atoms with van der Waals surface area (Å²) in [5.74, 6) is 2.97. The van der Waals surface area contributed by atoms with Crippen molar-refractivity contribution in [2.45, 2.75) is 38.0 Å². The average molecular weight is 376 g/mol. The Morgan fingerprint density at radius 3 is 2.50 bits per heavy atom. The number of H-pyrrole nitrogens is 1. The van der Waals surface area contributed by atoms with Gasteiger partial charge in [-0.3, -0.25) is 5.10 Å². The summed E-state index contributed by atoms with van der Waals surface area (Å²) in [5, 5.41) is 11.8. The number of benzene rings is 1. The predicted octanol–water partition coefficient (Wildman–Crippen LogP) is 3.90. The second kappa shape index (κ2) is 8.35. The fraction of sp³-hybridized carbons (Fsp3) is 0.500. The molecule has 7 nitrogen and oxygen atoms in total. The van der Waals surface area contributed by atoms with Crippen LogP contribution in [0.25, 0.3) is 0 Å². The van der Waals surface area contributed by atoms with Crippen LogP contribution >= 0.6 is 12.2 Å². The van der Waals surface area contributed by atoms with E-state index in [1.165, 1.54) is 19.3 Å². The first-order valence-electron chi connectivity index (χ1n) is 8.70. The summed E-state index contributed by atoms with van der Waals surface area (Å²) in [5.41, 5.74) is 0.767. The zero-order chi connectivity index (χ0) is 18.5. The Morgan fingerprint density at radius 2 is 1.85 bits per heavy atom. The van der Waals surface area contributed by atoms with Crippen molar-refractivity contribution < 1.29 is 14.2 Å². The van der Waals surface area contributed by atoms with E-state index in [9.17, 15) is 0 Å². The Kier molecular flexibility index (Phi) is 5.92. The maximum Gasteiger partial charge on any atom is 0.216 e. The molecule has 0 radical (unpaired) electrons. The van der Waals surface area contributed by atoms with Crippen molar-refractivity contribution in [3.05, 3.63) is 28.3 Å². The topological polar surface area (TPSA) is 73.7 Å². The van der Waals surface area contributed by atoms with Gasteiger partial charge in [-0.1, -0.05) is 19.3 Å². The van der Waals surface area contributed by atoms with Gasteiger partial charge in [-0.05, 0) is 37.2 Å². The van der Waals surface area contributed by atoms with Crippen molar-refractivity contribution in [3.8, 4) is 17.2 Å². The van der Waals surface area contributed by atoms with Gasteiger partial charge >= 0.3 is 0 Å². The fourth-order valence-electron chi connectivity index (χ4n) is 3.39. The molecule has 1 aliphatic rings. The Hall–Kier alpha value is -2.35. The smallest absolute Gasteiger partial charge is 0.216 e. The molecule has 1 saturated carbocycles. The van der Waals surface area contributed by atoms with Gasteiger partial charge in [0.25, 0.3) is 0 Å². The van der Waals surface area contributed by atoms with Crippen LogP contribution in [0.4, 0.5) is 0 Å².